The van der Waals surface area contributed by atoms with Gasteiger partial charge in [0.2, 0.25) is 5.91 Å². The number of imide groups is 1. The summed E-state index contributed by atoms with van der Waals surface area (Å²) in [5, 5.41) is 5.48. The molecule has 0 saturated heterocycles. The molecule has 2 N–H and O–H groups in total. The van der Waals surface area contributed by atoms with Gasteiger partial charge in [-0.1, -0.05) is 28.1 Å². The average molecular weight is 493 g/mol. The van der Waals surface area contributed by atoms with E-state index in [4.69, 9.17) is 0 Å². The first-order chi connectivity index (χ1) is 15.4. The first-order valence-corrected chi connectivity index (χ1v) is 10.4. The zero-order chi connectivity index (χ0) is 22.7. The third kappa shape index (κ3) is 4.57. The van der Waals surface area contributed by atoms with Crippen molar-refractivity contribution in [2.45, 2.75) is 6.54 Å². The number of hydrogen-bond acceptors (Lipinski definition) is 5. The van der Waals surface area contributed by atoms with E-state index in [1.165, 1.54) is 6.20 Å². The van der Waals surface area contributed by atoms with Gasteiger partial charge in [0, 0.05) is 29.1 Å². The van der Waals surface area contributed by atoms with Crippen LogP contribution in [0.2, 0.25) is 0 Å². The van der Waals surface area contributed by atoms with Crippen molar-refractivity contribution in [3.05, 3.63) is 93.7 Å². The van der Waals surface area contributed by atoms with Gasteiger partial charge in [-0.25, -0.2) is 0 Å². The summed E-state index contributed by atoms with van der Waals surface area (Å²) < 4.78 is 0.680. The lowest BCUT2D eigenvalue weighted by Gasteiger charge is -2.14. The van der Waals surface area contributed by atoms with Crippen molar-refractivity contribution in [2.75, 3.05) is 11.9 Å². The Kier molecular flexibility index (Phi) is 6.09. The predicted octanol–water partition coefficient (Wildman–Crippen LogP) is 3.01. The van der Waals surface area contributed by atoms with Gasteiger partial charge in [0.05, 0.1) is 16.7 Å². The largest absolute Gasteiger partial charge is 0.350 e. The zero-order valence-electron chi connectivity index (χ0n) is 16.7. The number of pyridine rings is 1. The second kappa shape index (κ2) is 9.11. The lowest BCUT2D eigenvalue weighted by Crippen LogP contribution is -2.40. The van der Waals surface area contributed by atoms with Crippen LogP contribution in [0.5, 0.6) is 0 Å². The number of benzene rings is 2. The fourth-order valence-electron chi connectivity index (χ4n) is 3.27. The molecule has 160 valence electrons. The summed E-state index contributed by atoms with van der Waals surface area (Å²) in [5.41, 5.74) is 2.29. The van der Waals surface area contributed by atoms with Crippen LogP contribution in [0.1, 0.15) is 36.6 Å². The van der Waals surface area contributed by atoms with Crippen LogP contribution in [-0.4, -0.2) is 40.1 Å². The monoisotopic (exact) mass is 492 g/mol. The topological polar surface area (TPSA) is 108 Å². The molecule has 0 radical (unpaired) electrons. The molecule has 9 heteroatoms. The van der Waals surface area contributed by atoms with Gasteiger partial charge in [-0.3, -0.25) is 29.1 Å². The summed E-state index contributed by atoms with van der Waals surface area (Å²) in [6.45, 7) is -0.203. The molecule has 0 fully saturated rings. The van der Waals surface area contributed by atoms with E-state index in [9.17, 15) is 19.2 Å². The summed E-state index contributed by atoms with van der Waals surface area (Å²) in [5.74, 6) is -1.76. The molecule has 0 bridgehead atoms. The molecule has 0 atom stereocenters. The van der Waals surface area contributed by atoms with E-state index in [2.05, 4.69) is 31.5 Å². The highest BCUT2D eigenvalue weighted by Crippen LogP contribution is 2.25. The predicted molar refractivity (Wildman–Crippen MR) is 120 cm³/mol. The van der Waals surface area contributed by atoms with Crippen molar-refractivity contribution in [3.8, 4) is 0 Å². The summed E-state index contributed by atoms with van der Waals surface area (Å²) in [4.78, 5) is 54.5. The van der Waals surface area contributed by atoms with Crippen molar-refractivity contribution < 1.29 is 19.2 Å². The van der Waals surface area contributed by atoms with E-state index >= 15 is 0 Å². The van der Waals surface area contributed by atoms with Crippen LogP contribution in [0.25, 0.3) is 0 Å². The number of amides is 4. The minimum Gasteiger partial charge on any atom is -0.350 e. The highest BCUT2D eigenvalue weighted by Gasteiger charge is 2.36. The van der Waals surface area contributed by atoms with Crippen molar-refractivity contribution >= 4 is 45.2 Å². The number of carbonyl (C=O) groups excluding carboxylic acids is 4. The number of fused-ring (bicyclic) bond motifs is 1. The summed E-state index contributed by atoms with van der Waals surface area (Å²) in [6, 6.07) is 15.1. The van der Waals surface area contributed by atoms with Gasteiger partial charge in [-0.2, -0.15) is 0 Å². The Morgan fingerprint density at radius 3 is 2.56 bits per heavy atom. The Labute approximate surface area is 191 Å². The molecule has 1 aromatic heterocycles. The van der Waals surface area contributed by atoms with Gasteiger partial charge >= 0.3 is 0 Å². The van der Waals surface area contributed by atoms with Gasteiger partial charge in [0.25, 0.3) is 17.7 Å². The molecule has 1 aliphatic rings. The summed E-state index contributed by atoms with van der Waals surface area (Å²) >= 11 is 3.28. The lowest BCUT2D eigenvalue weighted by atomic mass is 10.1. The van der Waals surface area contributed by atoms with E-state index in [-0.39, 0.29) is 30.1 Å². The molecular formula is C23H17BrN4O4. The second-order valence-electron chi connectivity index (χ2n) is 7.06. The number of nitrogens with zero attached hydrogens (tertiary/aromatic N) is 2. The minimum atomic E-state index is -0.499. The Morgan fingerprint density at radius 1 is 0.969 bits per heavy atom. The van der Waals surface area contributed by atoms with Crippen LogP contribution < -0.4 is 10.6 Å². The van der Waals surface area contributed by atoms with Crippen molar-refractivity contribution in [1.29, 1.82) is 0 Å². The molecular weight excluding hydrogens is 476 g/mol. The molecule has 4 rings (SSSR count). The maximum Gasteiger partial charge on any atom is 0.262 e. The van der Waals surface area contributed by atoms with Gasteiger partial charge in [-0.15, -0.1) is 0 Å². The first-order valence-electron chi connectivity index (χ1n) is 9.65. The Bertz CT molecular complexity index is 1230. The van der Waals surface area contributed by atoms with E-state index in [0.29, 0.717) is 15.7 Å². The Hall–Kier alpha value is -3.85. The standard InChI is InChI=1S/C23H17BrN4O4/c24-16-6-7-18-19(10-16)23(32)28(22(18)31)13-20(29)26-11-14-3-1-5-17(9-14)27-21(30)15-4-2-8-25-12-15/h1-10,12H,11,13H2,(H,26,29)(H,27,30). The zero-order valence-corrected chi connectivity index (χ0v) is 18.3. The van der Waals surface area contributed by atoms with Crippen LogP contribution in [0.4, 0.5) is 5.69 Å². The first kappa shape index (κ1) is 21.4. The molecule has 2 heterocycles. The molecule has 0 aliphatic carbocycles. The van der Waals surface area contributed by atoms with Gasteiger partial charge in [0.1, 0.15) is 6.54 Å². The van der Waals surface area contributed by atoms with Crippen molar-refractivity contribution in [3.63, 3.8) is 0 Å². The third-order valence-corrected chi connectivity index (χ3v) is 5.33. The molecule has 0 saturated carbocycles. The van der Waals surface area contributed by atoms with Crippen LogP contribution in [0.15, 0.2) is 71.5 Å². The number of hydrogen-bond donors (Lipinski definition) is 2. The molecule has 0 spiro atoms. The van der Waals surface area contributed by atoms with Crippen molar-refractivity contribution in [1.82, 2.24) is 15.2 Å². The molecule has 4 amide bonds. The lowest BCUT2D eigenvalue weighted by molar-refractivity contribution is -0.121. The Morgan fingerprint density at radius 2 is 1.78 bits per heavy atom. The summed E-state index contributed by atoms with van der Waals surface area (Å²) in [6.07, 6.45) is 3.05. The van der Waals surface area contributed by atoms with Gasteiger partial charge in [-0.05, 0) is 48.0 Å². The molecule has 0 unspecified atom stereocenters. The number of halogens is 1. The second-order valence-corrected chi connectivity index (χ2v) is 7.97. The highest BCUT2D eigenvalue weighted by molar-refractivity contribution is 9.10. The van der Waals surface area contributed by atoms with Gasteiger partial charge < -0.3 is 10.6 Å². The third-order valence-electron chi connectivity index (χ3n) is 4.83. The number of aromatic nitrogens is 1. The number of nitrogens with one attached hydrogen (secondary N) is 2. The maximum absolute atomic E-state index is 12.5. The van der Waals surface area contributed by atoms with Crippen LogP contribution >= 0.6 is 15.9 Å². The number of carbonyl (C=O) groups is 4. The van der Waals surface area contributed by atoms with Crippen LogP contribution in [0, 0.1) is 0 Å². The smallest absolute Gasteiger partial charge is 0.262 e. The molecule has 2 aromatic carbocycles. The number of rotatable bonds is 6. The molecule has 32 heavy (non-hydrogen) atoms. The average Bonchev–Trinajstić information content (AvgIpc) is 3.02. The van der Waals surface area contributed by atoms with Crippen molar-refractivity contribution in [2.24, 2.45) is 0 Å². The molecule has 8 nitrogen and oxygen atoms in total. The molecule has 1 aliphatic heterocycles. The van der Waals surface area contributed by atoms with Gasteiger partial charge in [0.15, 0.2) is 0 Å². The SMILES string of the molecule is O=C(CN1C(=O)c2ccc(Br)cc2C1=O)NCc1cccc(NC(=O)c2cccnc2)c1. The van der Waals surface area contributed by atoms with Crippen LogP contribution in [-0.2, 0) is 11.3 Å². The minimum absolute atomic E-state index is 0.171. The van der Waals surface area contributed by atoms with Crippen LogP contribution in [0.3, 0.4) is 0 Å². The number of anilines is 1. The molecule has 3 aromatic rings. The maximum atomic E-state index is 12.5. The Balaban J connectivity index is 1.35. The fraction of sp³-hybridized carbons (Fsp3) is 0.0870. The highest BCUT2D eigenvalue weighted by atomic mass is 79.9. The normalized spacial score (nSPS) is 12.5. The quantitative estimate of drug-likeness (QED) is 0.514. The van der Waals surface area contributed by atoms with E-state index in [1.807, 2.05) is 0 Å². The van der Waals surface area contributed by atoms with E-state index < -0.39 is 17.7 Å². The fourth-order valence-corrected chi connectivity index (χ4v) is 3.63. The van der Waals surface area contributed by atoms with E-state index in [1.54, 1.807) is 60.8 Å². The summed E-state index contributed by atoms with van der Waals surface area (Å²) in [7, 11) is 0. The van der Waals surface area contributed by atoms with E-state index in [0.717, 1.165) is 10.5 Å².